The van der Waals surface area contributed by atoms with Gasteiger partial charge in [0.25, 0.3) is 0 Å². The first-order valence-corrected chi connectivity index (χ1v) is 4.88. The van der Waals surface area contributed by atoms with Gasteiger partial charge in [0.05, 0.1) is 0 Å². The van der Waals surface area contributed by atoms with Crippen LogP contribution in [0.3, 0.4) is 0 Å². The van der Waals surface area contributed by atoms with E-state index in [4.69, 9.17) is 5.11 Å². The molecular weight excluding hydrogens is 375 g/mol. The van der Waals surface area contributed by atoms with Crippen LogP contribution >= 0.6 is 0 Å². The number of alkyl halides is 13. The number of hydrogen-bond acceptors (Lipinski definition) is 1. The van der Waals surface area contributed by atoms with Crippen molar-refractivity contribution in [3.8, 4) is 0 Å². The molecular formula is C8HF13O2. The molecule has 0 amide bonds. The Kier molecular flexibility index (Phi) is 3.53. The van der Waals surface area contributed by atoms with Gasteiger partial charge in [-0.3, -0.25) is 0 Å². The van der Waals surface area contributed by atoms with Crippen LogP contribution in [0.2, 0.25) is 0 Å². The van der Waals surface area contributed by atoms with Crippen LogP contribution in [0.4, 0.5) is 57.1 Å². The Balaban J connectivity index is 4.02. The molecule has 0 spiro atoms. The third-order valence-corrected chi connectivity index (χ3v) is 3.14. The highest BCUT2D eigenvalue weighted by atomic mass is 19.4. The van der Waals surface area contributed by atoms with Crippen LogP contribution in [0.5, 0.6) is 0 Å². The monoisotopic (exact) mass is 376 g/mol. The van der Waals surface area contributed by atoms with Crippen LogP contribution in [0.1, 0.15) is 0 Å². The normalized spacial score (nSPS) is 29.8. The van der Waals surface area contributed by atoms with Gasteiger partial charge in [0.15, 0.2) is 0 Å². The summed E-state index contributed by atoms with van der Waals surface area (Å²) in [4.78, 5) is 9.95. The van der Waals surface area contributed by atoms with E-state index in [-0.39, 0.29) is 0 Å². The molecule has 1 saturated carbocycles. The summed E-state index contributed by atoms with van der Waals surface area (Å²) in [6.07, 6.45) is 0. The molecule has 1 N–H and O–H groups in total. The Morgan fingerprint density at radius 1 is 0.609 bits per heavy atom. The van der Waals surface area contributed by atoms with E-state index in [1.54, 1.807) is 0 Å². The van der Waals surface area contributed by atoms with E-state index in [1.807, 2.05) is 0 Å². The zero-order valence-electron chi connectivity index (χ0n) is 9.77. The van der Waals surface area contributed by atoms with Crippen molar-refractivity contribution in [1.82, 2.24) is 0 Å². The summed E-state index contributed by atoms with van der Waals surface area (Å²) in [5.41, 5.74) is -7.87. The fourth-order valence-corrected chi connectivity index (χ4v) is 1.76. The van der Waals surface area contributed by atoms with Gasteiger partial charge in [-0.25, -0.2) is 9.18 Å². The van der Waals surface area contributed by atoms with Gasteiger partial charge in [-0.1, -0.05) is 0 Å². The lowest BCUT2D eigenvalue weighted by Crippen LogP contribution is -2.88. The molecule has 15 heteroatoms. The summed E-state index contributed by atoms with van der Waals surface area (Å²) in [6, 6.07) is 0. The molecule has 0 unspecified atom stereocenters. The molecule has 0 aliphatic heterocycles. The standard InChI is InChI=1S/C8HF13O2/c9-2(10,1(22)23)3(11)4(12,13)6(16,17)8(20,21)7(18,19)5(3,14)15/h(H,22,23). The van der Waals surface area contributed by atoms with Crippen LogP contribution < -0.4 is 0 Å². The highest BCUT2D eigenvalue weighted by Gasteiger charge is 3.05. The first-order valence-electron chi connectivity index (χ1n) is 4.88. The molecule has 0 aromatic carbocycles. The number of hydrogen-bond donors (Lipinski definition) is 1. The number of halogens is 13. The van der Waals surface area contributed by atoms with Crippen LogP contribution in [0.15, 0.2) is 0 Å². The Labute approximate surface area is 115 Å². The van der Waals surface area contributed by atoms with Crippen molar-refractivity contribution in [2.75, 3.05) is 0 Å². The highest BCUT2D eigenvalue weighted by molar-refractivity contribution is 5.78. The SMILES string of the molecule is O=C(O)C(F)(F)C1(F)C(F)(F)C(F)(F)C(F)(F)C(F)(F)C1(F)F. The van der Waals surface area contributed by atoms with Gasteiger partial charge in [0, 0.05) is 0 Å². The lowest BCUT2D eigenvalue weighted by molar-refractivity contribution is -0.502. The Morgan fingerprint density at radius 2 is 0.826 bits per heavy atom. The van der Waals surface area contributed by atoms with Gasteiger partial charge >= 0.3 is 47.2 Å². The second-order valence-corrected chi connectivity index (χ2v) is 4.41. The largest absolute Gasteiger partial charge is 0.477 e. The third kappa shape index (κ3) is 1.55. The molecule has 0 aromatic heterocycles. The summed E-state index contributed by atoms with van der Waals surface area (Å²) < 4.78 is 168. The summed E-state index contributed by atoms with van der Waals surface area (Å²) in [5.74, 6) is -50.6. The molecule has 0 bridgehead atoms. The van der Waals surface area contributed by atoms with Gasteiger partial charge in [-0.05, 0) is 0 Å². The van der Waals surface area contributed by atoms with Crippen LogP contribution in [-0.4, -0.2) is 52.3 Å². The molecule has 1 fully saturated rings. The van der Waals surface area contributed by atoms with Crippen molar-refractivity contribution < 1.29 is 67.0 Å². The number of rotatable bonds is 2. The molecule has 136 valence electrons. The summed E-state index contributed by atoms with van der Waals surface area (Å²) in [7, 11) is 0. The minimum absolute atomic E-state index is 4.28. The molecule has 1 rings (SSSR count). The Hall–Kier alpha value is -1.44. The number of carbonyl (C=O) groups is 1. The number of carboxylic acid groups (broad SMARTS) is 1. The molecule has 2 nitrogen and oxygen atoms in total. The van der Waals surface area contributed by atoms with E-state index >= 15 is 0 Å². The van der Waals surface area contributed by atoms with Gasteiger partial charge < -0.3 is 5.11 Å². The summed E-state index contributed by atoms with van der Waals surface area (Å²) in [5, 5.41) is 7.76. The fourth-order valence-electron chi connectivity index (χ4n) is 1.76. The smallest absolute Gasteiger partial charge is 0.388 e. The predicted molar refractivity (Wildman–Crippen MR) is 41.2 cm³/mol. The van der Waals surface area contributed by atoms with E-state index in [1.165, 1.54) is 0 Å². The molecule has 0 atom stereocenters. The maximum Gasteiger partial charge on any atom is 0.388 e. The van der Waals surface area contributed by atoms with Gasteiger partial charge in [-0.2, -0.15) is 52.7 Å². The van der Waals surface area contributed by atoms with Crippen molar-refractivity contribution >= 4 is 5.97 Å². The molecule has 0 saturated heterocycles. The number of aliphatic carboxylic acids is 1. The topological polar surface area (TPSA) is 37.3 Å². The predicted octanol–water partition coefficient (Wildman–Crippen LogP) is 3.60. The first kappa shape index (κ1) is 19.6. The van der Waals surface area contributed by atoms with Crippen molar-refractivity contribution in [2.24, 2.45) is 0 Å². The first-order chi connectivity index (χ1) is 9.69. The van der Waals surface area contributed by atoms with Gasteiger partial charge in [0.1, 0.15) is 0 Å². The lowest BCUT2D eigenvalue weighted by atomic mass is 9.69. The van der Waals surface area contributed by atoms with E-state index in [9.17, 15) is 61.9 Å². The average molecular weight is 376 g/mol. The van der Waals surface area contributed by atoms with E-state index in [0.29, 0.717) is 0 Å². The lowest BCUT2D eigenvalue weighted by Gasteiger charge is -2.53. The molecule has 23 heavy (non-hydrogen) atoms. The summed E-state index contributed by atoms with van der Waals surface area (Å²) in [6.45, 7) is 0. The molecule has 0 heterocycles. The maximum absolute atomic E-state index is 13.6. The van der Waals surface area contributed by atoms with E-state index in [2.05, 4.69) is 0 Å². The molecule has 0 aromatic rings. The van der Waals surface area contributed by atoms with Crippen molar-refractivity contribution in [1.29, 1.82) is 0 Å². The second-order valence-electron chi connectivity index (χ2n) is 4.41. The van der Waals surface area contributed by atoms with E-state index < -0.39 is 47.2 Å². The zero-order valence-corrected chi connectivity index (χ0v) is 9.77. The molecule has 0 radical (unpaired) electrons. The fraction of sp³-hybridized carbons (Fsp3) is 0.875. The van der Waals surface area contributed by atoms with Gasteiger partial charge in [-0.15, -0.1) is 0 Å². The van der Waals surface area contributed by atoms with Gasteiger partial charge in [0.2, 0.25) is 0 Å². The molecule has 1 aliphatic carbocycles. The van der Waals surface area contributed by atoms with Crippen molar-refractivity contribution in [3.05, 3.63) is 0 Å². The molecule has 1 aliphatic rings. The van der Waals surface area contributed by atoms with Crippen molar-refractivity contribution in [2.45, 2.75) is 41.2 Å². The number of carboxylic acids is 1. The zero-order chi connectivity index (χ0) is 19.1. The van der Waals surface area contributed by atoms with Crippen molar-refractivity contribution in [3.63, 3.8) is 0 Å². The van der Waals surface area contributed by atoms with Crippen LogP contribution in [0, 0.1) is 0 Å². The highest BCUT2D eigenvalue weighted by Crippen LogP contribution is 2.72. The Bertz CT molecular complexity index is 506. The summed E-state index contributed by atoms with van der Waals surface area (Å²) >= 11 is 0. The third-order valence-electron chi connectivity index (χ3n) is 3.14. The van der Waals surface area contributed by atoms with E-state index in [0.717, 1.165) is 0 Å². The maximum atomic E-state index is 13.6. The van der Waals surface area contributed by atoms with Crippen LogP contribution in [-0.2, 0) is 4.79 Å². The second kappa shape index (κ2) is 4.15. The van der Waals surface area contributed by atoms with Crippen LogP contribution in [0.25, 0.3) is 0 Å². The Morgan fingerprint density at radius 3 is 1.04 bits per heavy atom. The average Bonchev–Trinajstić information content (AvgIpc) is 2.34. The minimum Gasteiger partial charge on any atom is -0.477 e. The quantitative estimate of drug-likeness (QED) is 0.748. The minimum atomic E-state index is -7.89.